The number of carbonyl (C=O) groups excluding carboxylic acids is 2. The van der Waals surface area contributed by atoms with Gasteiger partial charge < -0.3 is 20.9 Å². The lowest BCUT2D eigenvalue weighted by Crippen LogP contribution is -2.66. The molecule has 0 aromatic rings. The summed E-state index contributed by atoms with van der Waals surface area (Å²) in [7, 11) is 0. The SMILES string of the molecule is CC(=O)N1CCN(C(=O)NC(CCN)C(F)(F)F)CC12CCCCC2. The van der Waals surface area contributed by atoms with Gasteiger partial charge in [-0.05, 0) is 25.8 Å². The molecule has 1 aliphatic heterocycles. The third-order valence-corrected chi connectivity index (χ3v) is 5.25. The molecule has 2 fully saturated rings. The predicted octanol–water partition coefficient (Wildman–Crippen LogP) is 1.84. The van der Waals surface area contributed by atoms with E-state index in [2.05, 4.69) is 5.32 Å². The molecule has 6 nitrogen and oxygen atoms in total. The first-order valence-corrected chi connectivity index (χ1v) is 8.80. The number of halogens is 3. The van der Waals surface area contributed by atoms with Gasteiger partial charge in [-0.25, -0.2) is 4.79 Å². The largest absolute Gasteiger partial charge is 0.408 e. The second kappa shape index (κ2) is 7.80. The highest BCUT2D eigenvalue weighted by molar-refractivity contribution is 5.77. The fourth-order valence-electron chi connectivity index (χ4n) is 4.00. The van der Waals surface area contributed by atoms with Gasteiger partial charge in [-0.1, -0.05) is 19.3 Å². The van der Waals surface area contributed by atoms with Crippen LogP contribution in [0.1, 0.15) is 45.4 Å². The highest BCUT2D eigenvalue weighted by atomic mass is 19.4. The van der Waals surface area contributed by atoms with Crippen LogP contribution in [0, 0.1) is 0 Å². The van der Waals surface area contributed by atoms with Gasteiger partial charge in [0.1, 0.15) is 6.04 Å². The maximum Gasteiger partial charge on any atom is 0.408 e. The van der Waals surface area contributed by atoms with Crippen molar-refractivity contribution in [3.8, 4) is 0 Å². The van der Waals surface area contributed by atoms with Crippen molar-refractivity contribution in [3.63, 3.8) is 0 Å². The Bertz CT molecular complexity index is 492. The topological polar surface area (TPSA) is 78.7 Å². The number of carbonyl (C=O) groups is 2. The maximum absolute atomic E-state index is 13.0. The molecule has 3 N–H and O–H groups in total. The van der Waals surface area contributed by atoms with Crippen molar-refractivity contribution in [3.05, 3.63) is 0 Å². The number of nitrogens with two attached hydrogens (primary N) is 1. The second-order valence-electron chi connectivity index (χ2n) is 7.00. The zero-order chi connectivity index (χ0) is 18.7. The van der Waals surface area contributed by atoms with Crippen LogP contribution < -0.4 is 11.1 Å². The molecule has 1 atom stereocenters. The Kier molecular flexibility index (Phi) is 6.18. The number of alkyl halides is 3. The van der Waals surface area contributed by atoms with E-state index in [0.717, 1.165) is 32.1 Å². The van der Waals surface area contributed by atoms with Crippen LogP contribution in [0.15, 0.2) is 0 Å². The Balaban J connectivity index is 2.09. The van der Waals surface area contributed by atoms with Crippen molar-refractivity contribution >= 4 is 11.9 Å². The predicted molar refractivity (Wildman–Crippen MR) is 86.8 cm³/mol. The van der Waals surface area contributed by atoms with E-state index in [4.69, 9.17) is 5.73 Å². The van der Waals surface area contributed by atoms with Gasteiger partial charge in [0.05, 0.1) is 5.54 Å². The van der Waals surface area contributed by atoms with Crippen LogP contribution in [-0.4, -0.2) is 65.7 Å². The molecule has 3 amide bonds. The van der Waals surface area contributed by atoms with Crippen LogP contribution in [0.3, 0.4) is 0 Å². The fraction of sp³-hybridized carbons (Fsp3) is 0.875. The number of piperazine rings is 1. The summed E-state index contributed by atoms with van der Waals surface area (Å²) in [4.78, 5) is 27.6. The molecule has 0 aromatic heterocycles. The third kappa shape index (κ3) is 4.56. The number of nitrogens with zero attached hydrogens (tertiary/aromatic N) is 2. The first-order valence-electron chi connectivity index (χ1n) is 8.80. The molecule has 2 aliphatic rings. The lowest BCUT2D eigenvalue weighted by molar-refractivity contribution is -0.154. The normalized spacial score (nSPS) is 22.0. The van der Waals surface area contributed by atoms with Gasteiger partial charge in [0, 0.05) is 26.6 Å². The molecule has 1 heterocycles. The van der Waals surface area contributed by atoms with E-state index in [-0.39, 0.29) is 32.0 Å². The molecule has 144 valence electrons. The zero-order valence-electron chi connectivity index (χ0n) is 14.6. The molecule has 0 aromatic carbocycles. The molecule has 1 unspecified atom stereocenters. The van der Waals surface area contributed by atoms with Gasteiger partial charge in [-0.2, -0.15) is 13.2 Å². The van der Waals surface area contributed by atoms with Gasteiger partial charge in [0.2, 0.25) is 5.91 Å². The van der Waals surface area contributed by atoms with E-state index in [1.165, 1.54) is 11.8 Å². The lowest BCUT2D eigenvalue weighted by Gasteiger charge is -2.52. The summed E-state index contributed by atoms with van der Waals surface area (Å²) < 4.78 is 39.0. The van der Waals surface area contributed by atoms with Crippen molar-refractivity contribution in [2.24, 2.45) is 5.73 Å². The van der Waals surface area contributed by atoms with Crippen molar-refractivity contribution in [2.75, 3.05) is 26.2 Å². The highest BCUT2D eigenvalue weighted by Crippen LogP contribution is 2.36. The first kappa shape index (κ1) is 19.8. The van der Waals surface area contributed by atoms with Crippen molar-refractivity contribution < 1.29 is 22.8 Å². The Morgan fingerprint density at radius 2 is 1.84 bits per heavy atom. The Morgan fingerprint density at radius 3 is 2.36 bits per heavy atom. The summed E-state index contributed by atoms with van der Waals surface area (Å²) in [5.41, 5.74) is 4.79. The third-order valence-electron chi connectivity index (χ3n) is 5.25. The zero-order valence-corrected chi connectivity index (χ0v) is 14.6. The number of rotatable bonds is 3. The number of hydrogen-bond donors (Lipinski definition) is 2. The molecular formula is C16H27F3N4O2. The van der Waals surface area contributed by atoms with Crippen LogP contribution in [0.5, 0.6) is 0 Å². The number of urea groups is 1. The number of hydrogen-bond acceptors (Lipinski definition) is 3. The average molecular weight is 364 g/mol. The van der Waals surface area contributed by atoms with E-state index in [1.807, 2.05) is 0 Å². The fourth-order valence-corrected chi connectivity index (χ4v) is 4.00. The van der Waals surface area contributed by atoms with Crippen molar-refractivity contribution in [1.82, 2.24) is 15.1 Å². The molecular weight excluding hydrogens is 337 g/mol. The summed E-state index contributed by atoms with van der Waals surface area (Å²) in [6, 6.07) is -2.68. The Hall–Kier alpha value is -1.51. The van der Waals surface area contributed by atoms with E-state index < -0.39 is 23.8 Å². The minimum Gasteiger partial charge on any atom is -0.334 e. The molecule has 2 rings (SSSR count). The number of nitrogens with one attached hydrogen (secondary N) is 1. The minimum atomic E-state index is -4.53. The van der Waals surface area contributed by atoms with Crippen molar-refractivity contribution in [2.45, 2.75) is 63.2 Å². The average Bonchev–Trinajstić information content (AvgIpc) is 2.53. The molecule has 1 spiro atoms. The quantitative estimate of drug-likeness (QED) is 0.802. The monoisotopic (exact) mass is 364 g/mol. The molecule has 0 radical (unpaired) electrons. The lowest BCUT2D eigenvalue weighted by atomic mass is 9.78. The smallest absolute Gasteiger partial charge is 0.334 e. The van der Waals surface area contributed by atoms with Crippen molar-refractivity contribution in [1.29, 1.82) is 0 Å². The molecule has 1 saturated heterocycles. The molecule has 25 heavy (non-hydrogen) atoms. The van der Waals surface area contributed by atoms with Gasteiger partial charge in [-0.15, -0.1) is 0 Å². The number of amides is 3. The Labute approximate surface area is 145 Å². The molecule has 1 aliphatic carbocycles. The van der Waals surface area contributed by atoms with Gasteiger partial charge in [0.25, 0.3) is 0 Å². The van der Waals surface area contributed by atoms with E-state index in [1.54, 1.807) is 4.90 Å². The van der Waals surface area contributed by atoms with E-state index in [0.29, 0.717) is 6.54 Å². The van der Waals surface area contributed by atoms with Crippen LogP contribution >= 0.6 is 0 Å². The van der Waals surface area contributed by atoms with Gasteiger partial charge >= 0.3 is 12.2 Å². The molecule has 9 heteroatoms. The van der Waals surface area contributed by atoms with Crippen LogP contribution in [0.4, 0.5) is 18.0 Å². The van der Waals surface area contributed by atoms with Crippen LogP contribution in [0.2, 0.25) is 0 Å². The van der Waals surface area contributed by atoms with Gasteiger partial charge in [0.15, 0.2) is 0 Å². The van der Waals surface area contributed by atoms with Crippen LogP contribution in [0.25, 0.3) is 0 Å². The van der Waals surface area contributed by atoms with Gasteiger partial charge in [-0.3, -0.25) is 4.79 Å². The summed E-state index contributed by atoms with van der Waals surface area (Å²) in [5, 5.41) is 2.07. The summed E-state index contributed by atoms with van der Waals surface area (Å²) in [5.74, 6) is -0.0433. The minimum absolute atomic E-state index is 0.0433. The highest BCUT2D eigenvalue weighted by Gasteiger charge is 2.46. The second-order valence-corrected chi connectivity index (χ2v) is 7.00. The molecule has 0 bridgehead atoms. The maximum atomic E-state index is 13.0. The standard InChI is InChI=1S/C16H27F3N4O2/c1-12(24)23-10-9-22(11-15(23)6-3-2-4-7-15)14(25)21-13(5-8-20)16(17,18)19/h13H,2-11,20H2,1H3,(H,21,25). The van der Waals surface area contributed by atoms with Crippen LogP contribution in [-0.2, 0) is 4.79 Å². The first-order chi connectivity index (χ1) is 11.7. The Morgan fingerprint density at radius 1 is 1.20 bits per heavy atom. The summed E-state index contributed by atoms with van der Waals surface area (Å²) >= 11 is 0. The van der Waals surface area contributed by atoms with E-state index in [9.17, 15) is 22.8 Å². The van der Waals surface area contributed by atoms with E-state index >= 15 is 0 Å². The summed E-state index contributed by atoms with van der Waals surface area (Å²) in [6.45, 7) is 2.22. The summed E-state index contributed by atoms with van der Waals surface area (Å²) in [6.07, 6.45) is -0.336. The molecule has 1 saturated carbocycles.